The molecular formula is C21H28N4O3. The zero-order valence-electron chi connectivity index (χ0n) is 17.2. The number of hydrogen-bond acceptors (Lipinski definition) is 5. The largest absolute Gasteiger partial charge is 0.493 e. The summed E-state index contributed by atoms with van der Waals surface area (Å²) in [6.07, 6.45) is 1.62. The van der Waals surface area contributed by atoms with Crippen LogP contribution in [0.1, 0.15) is 50.8 Å². The van der Waals surface area contributed by atoms with Crippen LogP contribution in [0, 0.1) is 17.2 Å². The molecule has 0 aliphatic carbocycles. The van der Waals surface area contributed by atoms with Crippen LogP contribution in [0.3, 0.4) is 0 Å². The zero-order chi connectivity index (χ0) is 20.8. The Labute approximate surface area is 165 Å². The SMILES string of the molecule is CCCOc1ccccc1[C@H](CC(C)C)Nc1c(C#N)c(=O)n(C)c(=O)n1C. The van der Waals surface area contributed by atoms with E-state index in [0.717, 1.165) is 28.7 Å². The number of benzene rings is 1. The second-order valence-corrected chi connectivity index (χ2v) is 7.25. The standard InChI is InChI=1S/C21H28N4O3/c1-6-11-28-18-10-8-7-9-15(18)17(12-14(2)3)23-19-16(13-22)20(26)25(5)21(27)24(19)4/h7-10,14,17,23H,6,11-12H2,1-5H3/t17-/m0/s1. The van der Waals surface area contributed by atoms with Crippen LogP contribution >= 0.6 is 0 Å². The fourth-order valence-corrected chi connectivity index (χ4v) is 3.13. The Bertz CT molecular complexity index is 983. The summed E-state index contributed by atoms with van der Waals surface area (Å²) in [5.41, 5.74) is -0.232. The van der Waals surface area contributed by atoms with Crippen molar-refractivity contribution in [1.29, 1.82) is 5.26 Å². The molecule has 1 aromatic heterocycles. The van der Waals surface area contributed by atoms with Crippen LogP contribution in [0.5, 0.6) is 5.75 Å². The summed E-state index contributed by atoms with van der Waals surface area (Å²) < 4.78 is 8.15. The third kappa shape index (κ3) is 4.45. The molecule has 7 nitrogen and oxygen atoms in total. The van der Waals surface area contributed by atoms with Crippen LogP contribution in [0.4, 0.5) is 5.82 Å². The molecule has 1 aromatic carbocycles. The minimum atomic E-state index is -0.605. The van der Waals surface area contributed by atoms with Crippen molar-refractivity contribution in [2.75, 3.05) is 11.9 Å². The summed E-state index contributed by atoms with van der Waals surface area (Å²) in [6.45, 7) is 6.83. The van der Waals surface area contributed by atoms with E-state index in [1.165, 1.54) is 11.6 Å². The predicted octanol–water partition coefficient (Wildman–Crippen LogP) is 2.94. The van der Waals surface area contributed by atoms with Gasteiger partial charge in [0.05, 0.1) is 12.6 Å². The second-order valence-electron chi connectivity index (χ2n) is 7.25. The lowest BCUT2D eigenvalue weighted by molar-refractivity contribution is 0.311. The van der Waals surface area contributed by atoms with Crippen molar-refractivity contribution in [2.45, 2.75) is 39.7 Å². The molecule has 28 heavy (non-hydrogen) atoms. The molecule has 7 heteroatoms. The first-order valence-corrected chi connectivity index (χ1v) is 9.50. The second kappa shape index (κ2) is 9.27. The molecule has 0 saturated carbocycles. The topological polar surface area (TPSA) is 89.1 Å². The van der Waals surface area contributed by atoms with E-state index in [0.29, 0.717) is 12.5 Å². The molecule has 1 heterocycles. The third-order valence-corrected chi connectivity index (χ3v) is 4.55. The van der Waals surface area contributed by atoms with Crippen LogP contribution < -0.4 is 21.3 Å². The summed E-state index contributed by atoms with van der Waals surface area (Å²) in [4.78, 5) is 24.8. The summed E-state index contributed by atoms with van der Waals surface area (Å²) in [7, 11) is 2.92. The molecule has 150 valence electrons. The van der Waals surface area contributed by atoms with E-state index >= 15 is 0 Å². The van der Waals surface area contributed by atoms with Gasteiger partial charge >= 0.3 is 5.69 Å². The highest BCUT2D eigenvalue weighted by Gasteiger charge is 2.22. The highest BCUT2D eigenvalue weighted by Crippen LogP contribution is 2.32. The molecule has 0 amide bonds. The van der Waals surface area contributed by atoms with Gasteiger partial charge in [0.2, 0.25) is 0 Å². The van der Waals surface area contributed by atoms with Crippen molar-refractivity contribution >= 4 is 5.82 Å². The van der Waals surface area contributed by atoms with Gasteiger partial charge in [0.25, 0.3) is 5.56 Å². The summed E-state index contributed by atoms with van der Waals surface area (Å²) in [6, 6.07) is 9.44. The highest BCUT2D eigenvalue weighted by molar-refractivity contribution is 5.53. The molecule has 0 bridgehead atoms. The lowest BCUT2D eigenvalue weighted by Gasteiger charge is -2.26. The molecule has 2 rings (SSSR count). The Hall–Kier alpha value is -3.01. The van der Waals surface area contributed by atoms with E-state index < -0.39 is 11.2 Å². The van der Waals surface area contributed by atoms with Crippen LogP contribution in [-0.4, -0.2) is 15.7 Å². The number of aromatic nitrogens is 2. The maximum absolute atomic E-state index is 12.4. The average Bonchev–Trinajstić information content (AvgIpc) is 2.68. The Morgan fingerprint density at radius 3 is 2.46 bits per heavy atom. The first-order valence-electron chi connectivity index (χ1n) is 9.50. The van der Waals surface area contributed by atoms with Gasteiger partial charge in [-0.15, -0.1) is 0 Å². The van der Waals surface area contributed by atoms with Crippen LogP contribution in [0.25, 0.3) is 0 Å². The average molecular weight is 384 g/mol. The van der Waals surface area contributed by atoms with Gasteiger partial charge in [-0.1, -0.05) is 39.0 Å². The maximum Gasteiger partial charge on any atom is 0.332 e. The number of ether oxygens (including phenoxy) is 1. The molecule has 0 aliphatic rings. The molecule has 2 aromatic rings. The molecule has 1 N–H and O–H groups in total. The van der Waals surface area contributed by atoms with Crippen molar-refractivity contribution in [3.05, 3.63) is 56.2 Å². The van der Waals surface area contributed by atoms with Crippen LogP contribution in [0.15, 0.2) is 33.9 Å². The van der Waals surface area contributed by atoms with Gasteiger partial charge in [0, 0.05) is 19.7 Å². The van der Waals surface area contributed by atoms with E-state index in [9.17, 15) is 14.9 Å². The van der Waals surface area contributed by atoms with E-state index in [1.54, 1.807) is 7.05 Å². The lowest BCUT2D eigenvalue weighted by Crippen LogP contribution is -2.40. The zero-order valence-corrected chi connectivity index (χ0v) is 17.2. The van der Waals surface area contributed by atoms with Gasteiger partial charge in [-0.25, -0.2) is 4.79 Å². The number of hydrogen-bond donors (Lipinski definition) is 1. The molecule has 0 spiro atoms. The van der Waals surface area contributed by atoms with Gasteiger partial charge in [0.1, 0.15) is 17.6 Å². The maximum atomic E-state index is 12.4. The Morgan fingerprint density at radius 2 is 1.86 bits per heavy atom. The van der Waals surface area contributed by atoms with Gasteiger partial charge in [-0.3, -0.25) is 13.9 Å². The van der Waals surface area contributed by atoms with Crippen molar-refractivity contribution in [1.82, 2.24) is 9.13 Å². The minimum Gasteiger partial charge on any atom is -0.493 e. The first-order chi connectivity index (χ1) is 13.3. The number of anilines is 1. The van der Waals surface area contributed by atoms with Gasteiger partial charge in [-0.05, 0) is 24.8 Å². The molecular weight excluding hydrogens is 356 g/mol. The minimum absolute atomic E-state index is 0.0784. The lowest BCUT2D eigenvalue weighted by atomic mass is 9.96. The molecule has 1 atom stereocenters. The van der Waals surface area contributed by atoms with Crippen LogP contribution in [0.2, 0.25) is 0 Å². The van der Waals surface area contributed by atoms with Gasteiger partial charge < -0.3 is 10.1 Å². The van der Waals surface area contributed by atoms with Crippen LogP contribution in [-0.2, 0) is 14.1 Å². The van der Waals surface area contributed by atoms with E-state index in [2.05, 4.69) is 19.2 Å². The number of para-hydroxylation sites is 1. The number of nitrogens with zero attached hydrogens (tertiary/aromatic N) is 3. The van der Waals surface area contributed by atoms with Gasteiger partial charge in [-0.2, -0.15) is 5.26 Å². The van der Waals surface area contributed by atoms with Gasteiger partial charge in [0.15, 0.2) is 5.56 Å². The normalized spacial score (nSPS) is 11.9. The summed E-state index contributed by atoms with van der Waals surface area (Å²) >= 11 is 0. The molecule has 0 radical (unpaired) electrons. The molecule has 0 unspecified atom stereocenters. The highest BCUT2D eigenvalue weighted by atomic mass is 16.5. The number of nitrogens with one attached hydrogen (secondary N) is 1. The van der Waals surface area contributed by atoms with Crippen molar-refractivity contribution in [2.24, 2.45) is 20.0 Å². The fraction of sp³-hybridized carbons (Fsp3) is 0.476. The quantitative estimate of drug-likeness (QED) is 0.756. The monoisotopic (exact) mass is 384 g/mol. The Kier molecular flexibility index (Phi) is 7.05. The fourth-order valence-electron chi connectivity index (χ4n) is 3.13. The molecule has 0 fully saturated rings. The Balaban J connectivity index is 2.59. The number of rotatable bonds is 8. The third-order valence-electron chi connectivity index (χ3n) is 4.55. The van der Waals surface area contributed by atoms with E-state index in [-0.39, 0.29) is 17.4 Å². The van der Waals surface area contributed by atoms with Crippen molar-refractivity contribution in [3.8, 4) is 11.8 Å². The molecule has 0 saturated heterocycles. The summed E-state index contributed by atoms with van der Waals surface area (Å²) in [5, 5.41) is 12.8. The predicted molar refractivity (Wildman–Crippen MR) is 110 cm³/mol. The Morgan fingerprint density at radius 1 is 1.18 bits per heavy atom. The smallest absolute Gasteiger partial charge is 0.332 e. The molecule has 0 aliphatic heterocycles. The van der Waals surface area contributed by atoms with E-state index in [1.807, 2.05) is 37.3 Å². The van der Waals surface area contributed by atoms with Crippen molar-refractivity contribution in [3.63, 3.8) is 0 Å². The first kappa shape index (κ1) is 21.3. The summed E-state index contributed by atoms with van der Waals surface area (Å²) in [5.74, 6) is 1.33. The van der Waals surface area contributed by atoms with Crippen molar-refractivity contribution < 1.29 is 4.74 Å². The number of nitriles is 1. The van der Waals surface area contributed by atoms with E-state index in [4.69, 9.17) is 4.74 Å².